The first-order chi connectivity index (χ1) is 9.56. The van der Waals surface area contributed by atoms with Crippen molar-refractivity contribution >= 4 is 17.2 Å². The Morgan fingerprint density at radius 3 is 2.45 bits per heavy atom. The normalized spacial score (nSPS) is 10.8. The SMILES string of the molecule is CN(Cc1ccccc1)Cc1ccc(C(N)=S)cc1F. The van der Waals surface area contributed by atoms with Crippen LogP contribution in [0.3, 0.4) is 0 Å². The molecule has 0 bridgehead atoms. The fourth-order valence-corrected chi connectivity index (χ4v) is 2.20. The fourth-order valence-electron chi connectivity index (χ4n) is 2.07. The number of nitrogens with zero attached hydrogens (tertiary/aromatic N) is 1. The molecule has 0 radical (unpaired) electrons. The second-order valence-corrected chi connectivity index (χ2v) is 5.27. The highest BCUT2D eigenvalue weighted by Gasteiger charge is 2.08. The van der Waals surface area contributed by atoms with Gasteiger partial charge in [0.05, 0.1) is 0 Å². The quantitative estimate of drug-likeness (QED) is 0.857. The van der Waals surface area contributed by atoms with Gasteiger partial charge in [0.15, 0.2) is 0 Å². The van der Waals surface area contributed by atoms with Crippen LogP contribution in [0.15, 0.2) is 48.5 Å². The van der Waals surface area contributed by atoms with E-state index in [1.54, 1.807) is 12.1 Å². The van der Waals surface area contributed by atoms with Crippen LogP contribution in [0.25, 0.3) is 0 Å². The lowest BCUT2D eigenvalue weighted by atomic mass is 10.1. The van der Waals surface area contributed by atoms with Gasteiger partial charge >= 0.3 is 0 Å². The molecule has 0 saturated heterocycles. The van der Waals surface area contributed by atoms with Crippen LogP contribution >= 0.6 is 12.2 Å². The lowest BCUT2D eigenvalue weighted by Gasteiger charge is -2.17. The third-order valence-electron chi connectivity index (χ3n) is 3.07. The maximum Gasteiger partial charge on any atom is 0.128 e. The van der Waals surface area contributed by atoms with E-state index < -0.39 is 0 Å². The van der Waals surface area contributed by atoms with E-state index in [1.165, 1.54) is 11.6 Å². The van der Waals surface area contributed by atoms with Crippen molar-refractivity contribution in [2.45, 2.75) is 13.1 Å². The molecule has 0 unspecified atom stereocenters. The predicted octanol–water partition coefficient (Wildman–Crippen LogP) is 3.09. The maximum absolute atomic E-state index is 14.0. The molecule has 0 heterocycles. The molecule has 4 heteroatoms. The van der Waals surface area contributed by atoms with E-state index in [9.17, 15) is 4.39 Å². The topological polar surface area (TPSA) is 29.3 Å². The van der Waals surface area contributed by atoms with E-state index >= 15 is 0 Å². The van der Waals surface area contributed by atoms with Crippen LogP contribution < -0.4 is 5.73 Å². The van der Waals surface area contributed by atoms with Gasteiger partial charge in [0.25, 0.3) is 0 Å². The van der Waals surface area contributed by atoms with Gasteiger partial charge in [-0.3, -0.25) is 4.90 Å². The Hall–Kier alpha value is -1.78. The Kier molecular flexibility index (Phi) is 4.82. The first kappa shape index (κ1) is 14.6. The summed E-state index contributed by atoms with van der Waals surface area (Å²) in [5.74, 6) is -0.268. The molecule has 0 aromatic heterocycles. The summed E-state index contributed by atoms with van der Waals surface area (Å²) in [5.41, 5.74) is 7.90. The second-order valence-electron chi connectivity index (χ2n) is 4.83. The molecule has 0 aliphatic rings. The monoisotopic (exact) mass is 288 g/mol. The second kappa shape index (κ2) is 6.59. The van der Waals surface area contributed by atoms with Gasteiger partial charge < -0.3 is 5.73 Å². The van der Waals surface area contributed by atoms with Crippen molar-refractivity contribution in [1.29, 1.82) is 0 Å². The Bertz CT molecular complexity index is 599. The van der Waals surface area contributed by atoms with E-state index in [-0.39, 0.29) is 10.8 Å². The largest absolute Gasteiger partial charge is 0.389 e. The molecule has 104 valence electrons. The van der Waals surface area contributed by atoms with Gasteiger partial charge in [0.2, 0.25) is 0 Å². The number of hydrogen-bond donors (Lipinski definition) is 1. The minimum Gasteiger partial charge on any atom is -0.389 e. The van der Waals surface area contributed by atoms with Gasteiger partial charge in [-0.05, 0) is 18.7 Å². The molecule has 0 aliphatic carbocycles. The Morgan fingerprint density at radius 1 is 1.15 bits per heavy atom. The summed E-state index contributed by atoms with van der Waals surface area (Å²) in [6, 6.07) is 15.0. The Labute approximate surface area is 124 Å². The molecule has 2 aromatic rings. The highest BCUT2D eigenvalue weighted by Crippen LogP contribution is 2.14. The number of hydrogen-bond acceptors (Lipinski definition) is 2. The zero-order chi connectivity index (χ0) is 14.5. The lowest BCUT2D eigenvalue weighted by molar-refractivity contribution is 0.313. The summed E-state index contributed by atoms with van der Waals surface area (Å²) >= 11 is 4.84. The zero-order valence-corrected chi connectivity index (χ0v) is 12.2. The first-order valence-electron chi connectivity index (χ1n) is 6.37. The summed E-state index contributed by atoms with van der Waals surface area (Å²) in [6.45, 7) is 1.32. The van der Waals surface area contributed by atoms with Crippen LogP contribution in [0.1, 0.15) is 16.7 Å². The lowest BCUT2D eigenvalue weighted by Crippen LogP contribution is -2.18. The molecular formula is C16H17FN2S. The number of nitrogens with two attached hydrogens (primary N) is 1. The number of rotatable bonds is 5. The average molecular weight is 288 g/mol. The van der Waals surface area contributed by atoms with Crippen molar-refractivity contribution in [2.24, 2.45) is 5.73 Å². The van der Waals surface area contributed by atoms with Crippen molar-refractivity contribution in [3.63, 3.8) is 0 Å². The minimum atomic E-state index is -0.268. The van der Waals surface area contributed by atoms with E-state index in [2.05, 4.69) is 17.0 Å². The van der Waals surface area contributed by atoms with Crippen molar-refractivity contribution in [2.75, 3.05) is 7.05 Å². The highest BCUT2D eigenvalue weighted by atomic mass is 32.1. The van der Waals surface area contributed by atoms with Gasteiger partial charge in [0.1, 0.15) is 10.8 Å². The standard InChI is InChI=1S/C16H17FN2S/c1-19(10-12-5-3-2-4-6-12)11-14-8-7-13(16(18)20)9-15(14)17/h2-9H,10-11H2,1H3,(H2,18,20). The smallest absolute Gasteiger partial charge is 0.128 e. The fraction of sp³-hybridized carbons (Fsp3) is 0.188. The van der Waals surface area contributed by atoms with Crippen molar-refractivity contribution in [1.82, 2.24) is 4.90 Å². The minimum absolute atomic E-state index is 0.216. The molecule has 2 aromatic carbocycles. The third-order valence-corrected chi connectivity index (χ3v) is 3.31. The molecule has 20 heavy (non-hydrogen) atoms. The average Bonchev–Trinajstić information content (AvgIpc) is 2.42. The summed E-state index contributed by atoms with van der Waals surface area (Å²) in [5, 5.41) is 0. The summed E-state index contributed by atoms with van der Waals surface area (Å²) in [4.78, 5) is 2.28. The maximum atomic E-state index is 14.0. The van der Waals surface area contributed by atoms with E-state index in [4.69, 9.17) is 18.0 Å². The van der Waals surface area contributed by atoms with Gasteiger partial charge in [0, 0.05) is 24.2 Å². The molecule has 2 N–H and O–H groups in total. The zero-order valence-electron chi connectivity index (χ0n) is 11.3. The van der Waals surface area contributed by atoms with E-state index in [0.29, 0.717) is 17.7 Å². The van der Waals surface area contributed by atoms with Gasteiger partial charge in [-0.2, -0.15) is 0 Å². The first-order valence-corrected chi connectivity index (χ1v) is 6.78. The highest BCUT2D eigenvalue weighted by molar-refractivity contribution is 7.80. The van der Waals surface area contributed by atoms with Crippen molar-refractivity contribution in [3.8, 4) is 0 Å². The summed E-state index contributed by atoms with van der Waals surface area (Å²) in [7, 11) is 1.97. The molecule has 2 nitrogen and oxygen atoms in total. The summed E-state index contributed by atoms with van der Waals surface area (Å²) in [6.07, 6.45) is 0. The van der Waals surface area contributed by atoms with Gasteiger partial charge in [-0.15, -0.1) is 0 Å². The third kappa shape index (κ3) is 3.85. The molecular weight excluding hydrogens is 271 g/mol. The molecule has 0 saturated carbocycles. The van der Waals surface area contributed by atoms with Crippen LogP contribution in [0, 0.1) is 5.82 Å². The van der Waals surface area contributed by atoms with E-state index in [1.807, 2.05) is 25.2 Å². The predicted molar refractivity (Wildman–Crippen MR) is 83.9 cm³/mol. The molecule has 0 atom stereocenters. The van der Waals surface area contributed by atoms with Crippen LogP contribution in [-0.4, -0.2) is 16.9 Å². The van der Waals surface area contributed by atoms with E-state index in [0.717, 1.165) is 6.54 Å². The number of halogens is 1. The van der Waals surface area contributed by atoms with Crippen LogP contribution in [0.4, 0.5) is 4.39 Å². The van der Waals surface area contributed by atoms with Crippen molar-refractivity contribution in [3.05, 3.63) is 71.0 Å². The van der Waals surface area contributed by atoms with Crippen LogP contribution in [0.2, 0.25) is 0 Å². The molecule has 0 aliphatic heterocycles. The summed E-state index contributed by atoms with van der Waals surface area (Å²) < 4.78 is 14.0. The van der Waals surface area contributed by atoms with Crippen LogP contribution in [-0.2, 0) is 13.1 Å². The van der Waals surface area contributed by atoms with Gasteiger partial charge in [-0.25, -0.2) is 4.39 Å². The molecule has 0 spiro atoms. The Morgan fingerprint density at radius 2 is 1.85 bits per heavy atom. The number of thiocarbonyl (C=S) groups is 1. The molecule has 0 fully saturated rings. The number of benzene rings is 2. The van der Waals surface area contributed by atoms with Crippen LogP contribution in [0.5, 0.6) is 0 Å². The molecule has 2 rings (SSSR count). The van der Waals surface area contributed by atoms with Gasteiger partial charge in [-0.1, -0.05) is 54.7 Å². The Balaban J connectivity index is 2.04. The van der Waals surface area contributed by atoms with Crippen molar-refractivity contribution < 1.29 is 4.39 Å². The molecule has 0 amide bonds.